The largest absolute Gasteiger partial charge is 0.464 e. The highest BCUT2D eigenvalue weighted by molar-refractivity contribution is 5.79. The Hall–Kier alpha value is -1.10. The third kappa shape index (κ3) is 3.02. The number of hydrogen-bond donors (Lipinski definition) is 1. The van der Waals surface area contributed by atoms with Gasteiger partial charge in [-0.05, 0) is 0 Å². The Morgan fingerprint density at radius 3 is 2.62 bits per heavy atom. The molecule has 0 bridgehead atoms. The number of rotatable bonds is 0. The fourth-order valence-corrected chi connectivity index (χ4v) is 0.972. The molecule has 1 saturated heterocycles. The van der Waals surface area contributed by atoms with Crippen LogP contribution >= 0.6 is 0 Å². The lowest BCUT2D eigenvalue weighted by atomic mass is 10.1. The molecule has 5 nitrogen and oxygen atoms in total. The zero-order valence-electron chi connectivity index (χ0n) is 7.49. The van der Waals surface area contributed by atoms with Crippen molar-refractivity contribution in [2.75, 3.05) is 13.2 Å². The van der Waals surface area contributed by atoms with Crippen molar-refractivity contribution in [3.63, 3.8) is 0 Å². The smallest absolute Gasteiger partial charge is 0.309 e. The van der Waals surface area contributed by atoms with Crippen LogP contribution in [-0.2, 0) is 19.1 Å². The van der Waals surface area contributed by atoms with Crippen molar-refractivity contribution in [1.82, 2.24) is 0 Å². The molecule has 0 aliphatic carbocycles. The Morgan fingerprint density at radius 2 is 1.92 bits per heavy atom. The first-order valence-corrected chi connectivity index (χ1v) is 4.17. The molecular weight excluding hydrogens is 174 g/mol. The molecule has 0 radical (unpaired) electrons. The van der Waals surface area contributed by atoms with Crippen LogP contribution in [0.15, 0.2) is 0 Å². The van der Waals surface area contributed by atoms with Crippen molar-refractivity contribution in [2.45, 2.75) is 19.4 Å². The van der Waals surface area contributed by atoms with Crippen LogP contribution in [0, 0.1) is 5.92 Å². The number of cyclic esters (lactones) is 2. The van der Waals surface area contributed by atoms with Gasteiger partial charge in [-0.25, -0.2) is 0 Å². The first-order chi connectivity index (χ1) is 6.09. The summed E-state index contributed by atoms with van der Waals surface area (Å²) in [7, 11) is 0. The van der Waals surface area contributed by atoms with E-state index >= 15 is 0 Å². The second kappa shape index (κ2) is 4.23. The first-order valence-electron chi connectivity index (χ1n) is 4.17. The predicted molar refractivity (Wildman–Crippen MR) is 43.7 cm³/mol. The fraction of sp³-hybridized carbons (Fsp3) is 0.750. The van der Waals surface area contributed by atoms with Crippen molar-refractivity contribution < 1.29 is 19.1 Å². The molecule has 1 aliphatic heterocycles. The van der Waals surface area contributed by atoms with E-state index in [0.717, 1.165) is 0 Å². The van der Waals surface area contributed by atoms with Crippen molar-refractivity contribution in [2.24, 2.45) is 11.7 Å². The van der Waals surface area contributed by atoms with E-state index in [1.807, 2.05) is 0 Å². The van der Waals surface area contributed by atoms with Gasteiger partial charge in [0.15, 0.2) is 0 Å². The van der Waals surface area contributed by atoms with Crippen LogP contribution in [0.5, 0.6) is 0 Å². The highest BCUT2D eigenvalue weighted by Gasteiger charge is 2.22. The Bertz CT molecular complexity index is 216. The SMILES string of the molecule is CC1CC(=O)OCC(N)COC1=O. The zero-order chi connectivity index (χ0) is 9.84. The third-order valence-corrected chi connectivity index (χ3v) is 1.77. The molecule has 2 N–H and O–H groups in total. The average Bonchev–Trinajstić information content (AvgIpc) is 2.13. The Balaban J connectivity index is 2.59. The number of ether oxygens (including phenoxy) is 2. The van der Waals surface area contributed by atoms with Gasteiger partial charge in [-0.15, -0.1) is 0 Å². The molecule has 0 saturated carbocycles. The fourth-order valence-electron chi connectivity index (χ4n) is 0.972. The highest BCUT2D eigenvalue weighted by Crippen LogP contribution is 2.08. The van der Waals surface area contributed by atoms with Gasteiger partial charge in [-0.2, -0.15) is 0 Å². The average molecular weight is 187 g/mol. The highest BCUT2D eigenvalue weighted by atomic mass is 16.6. The van der Waals surface area contributed by atoms with E-state index in [9.17, 15) is 9.59 Å². The molecule has 0 aromatic carbocycles. The van der Waals surface area contributed by atoms with Gasteiger partial charge in [-0.3, -0.25) is 9.59 Å². The van der Waals surface area contributed by atoms with E-state index in [-0.39, 0.29) is 19.6 Å². The predicted octanol–water partition coefficient (Wildman–Crippen LogP) is -0.560. The maximum absolute atomic E-state index is 11.1. The third-order valence-electron chi connectivity index (χ3n) is 1.77. The first kappa shape index (κ1) is 9.98. The number of nitrogens with two attached hydrogens (primary N) is 1. The monoisotopic (exact) mass is 187 g/mol. The van der Waals surface area contributed by atoms with Crippen LogP contribution in [0.3, 0.4) is 0 Å². The van der Waals surface area contributed by atoms with Crippen LogP contribution in [0.1, 0.15) is 13.3 Å². The van der Waals surface area contributed by atoms with Crippen LogP contribution in [-0.4, -0.2) is 31.2 Å². The number of carbonyl (C=O) groups excluding carboxylic acids is 2. The summed E-state index contributed by atoms with van der Waals surface area (Å²) in [5.74, 6) is -1.24. The van der Waals surface area contributed by atoms with Gasteiger partial charge >= 0.3 is 11.9 Å². The maximum atomic E-state index is 11.1. The summed E-state index contributed by atoms with van der Waals surface area (Å²) in [6, 6.07) is -0.418. The van der Waals surface area contributed by atoms with E-state index in [0.29, 0.717) is 0 Å². The van der Waals surface area contributed by atoms with Crippen molar-refractivity contribution in [3.8, 4) is 0 Å². The van der Waals surface area contributed by atoms with Gasteiger partial charge in [0.25, 0.3) is 0 Å². The molecule has 1 fully saturated rings. The van der Waals surface area contributed by atoms with Gasteiger partial charge in [0, 0.05) is 0 Å². The minimum Gasteiger partial charge on any atom is -0.464 e. The van der Waals surface area contributed by atoms with Gasteiger partial charge in [0.1, 0.15) is 13.2 Å². The Morgan fingerprint density at radius 1 is 1.31 bits per heavy atom. The maximum Gasteiger partial charge on any atom is 0.309 e. The molecule has 0 aromatic heterocycles. The second-order valence-electron chi connectivity index (χ2n) is 3.18. The van der Waals surface area contributed by atoms with Crippen molar-refractivity contribution >= 4 is 11.9 Å². The Labute approximate surface area is 76.2 Å². The van der Waals surface area contributed by atoms with Crippen molar-refractivity contribution in [1.29, 1.82) is 0 Å². The normalized spacial score (nSPS) is 30.9. The summed E-state index contributed by atoms with van der Waals surface area (Å²) >= 11 is 0. The van der Waals surface area contributed by atoms with Crippen LogP contribution in [0.2, 0.25) is 0 Å². The van der Waals surface area contributed by atoms with E-state index in [1.165, 1.54) is 0 Å². The summed E-state index contributed by atoms with van der Waals surface area (Å²) in [5, 5.41) is 0. The van der Waals surface area contributed by atoms with Crippen LogP contribution < -0.4 is 5.73 Å². The molecule has 13 heavy (non-hydrogen) atoms. The van der Waals surface area contributed by atoms with Gasteiger partial charge in [-0.1, -0.05) is 6.92 Å². The minimum absolute atomic E-state index is 0.0611. The minimum atomic E-state index is -0.446. The summed E-state index contributed by atoms with van der Waals surface area (Å²) in [6.45, 7) is 1.84. The molecule has 1 aliphatic rings. The molecule has 74 valence electrons. The molecule has 5 heteroatoms. The molecule has 1 heterocycles. The van der Waals surface area contributed by atoms with Crippen LogP contribution in [0.4, 0.5) is 0 Å². The number of esters is 2. The molecule has 0 aromatic rings. The lowest BCUT2D eigenvalue weighted by Gasteiger charge is -2.09. The molecule has 1 rings (SSSR count). The lowest BCUT2D eigenvalue weighted by molar-refractivity contribution is -0.151. The summed E-state index contributed by atoms with van der Waals surface area (Å²) in [6.07, 6.45) is 0.0611. The van der Waals surface area contributed by atoms with E-state index in [4.69, 9.17) is 15.2 Å². The van der Waals surface area contributed by atoms with Crippen LogP contribution in [0.25, 0.3) is 0 Å². The topological polar surface area (TPSA) is 78.6 Å². The van der Waals surface area contributed by atoms with E-state index in [2.05, 4.69) is 0 Å². The number of carbonyl (C=O) groups is 2. The molecule has 0 amide bonds. The standard InChI is InChI=1S/C8H13NO4/c1-5-2-7(10)12-3-6(9)4-13-8(5)11/h5-6H,2-4,9H2,1H3. The van der Waals surface area contributed by atoms with E-state index in [1.54, 1.807) is 6.92 Å². The lowest BCUT2D eigenvalue weighted by Crippen LogP contribution is -2.32. The molecular formula is C8H13NO4. The summed E-state index contributed by atoms with van der Waals surface area (Å²) in [4.78, 5) is 22.1. The number of hydrogen-bond acceptors (Lipinski definition) is 5. The molecule has 0 spiro atoms. The van der Waals surface area contributed by atoms with E-state index < -0.39 is 23.9 Å². The van der Waals surface area contributed by atoms with Crippen molar-refractivity contribution in [3.05, 3.63) is 0 Å². The molecule has 2 unspecified atom stereocenters. The summed E-state index contributed by atoms with van der Waals surface area (Å²) in [5.41, 5.74) is 5.49. The second-order valence-corrected chi connectivity index (χ2v) is 3.18. The Kier molecular flexibility index (Phi) is 3.25. The zero-order valence-corrected chi connectivity index (χ0v) is 7.49. The van der Waals surface area contributed by atoms with Gasteiger partial charge < -0.3 is 15.2 Å². The quantitative estimate of drug-likeness (QED) is 0.514. The summed E-state index contributed by atoms with van der Waals surface area (Å²) < 4.78 is 9.64. The van der Waals surface area contributed by atoms with Gasteiger partial charge in [0.05, 0.1) is 18.4 Å². The van der Waals surface area contributed by atoms with Gasteiger partial charge in [0.2, 0.25) is 0 Å². The molecule has 2 atom stereocenters.